The average molecular weight is 198 g/mol. The lowest BCUT2D eigenvalue weighted by Gasteiger charge is -1.81. The van der Waals surface area contributed by atoms with Crippen molar-refractivity contribution < 1.29 is 9.72 Å². The maximum Gasteiger partial charge on any atom is 0.324 e. The summed E-state index contributed by atoms with van der Waals surface area (Å²) in [6.45, 7) is 0. The topological polar surface area (TPSA) is 86.2 Å². The molecule has 13 heavy (non-hydrogen) atoms. The van der Waals surface area contributed by atoms with E-state index in [1.807, 2.05) is 0 Å². The third-order valence-corrected chi connectivity index (χ3v) is 2.21. The molecule has 0 aliphatic rings. The van der Waals surface area contributed by atoms with Crippen LogP contribution in [0.5, 0.6) is 0 Å². The van der Waals surface area contributed by atoms with E-state index < -0.39 is 10.8 Å². The summed E-state index contributed by atoms with van der Waals surface area (Å²) >= 11 is 0.989. The number of hydrogen-bond donors (Lipinski definition) is 1. The highest BCUT2D eigenvalue weighted by molar-refractivity contribution is 7.16. The Labute approximate surface area is 77.6 Å². The van der Waals surface area contributed by atoms with Gasteiger partial charge in [0.15, 0.2) is 0 Å². The van der Waals surface area contributed by atoms with Crippen molar-refractivity contribution in [2.45, 2.75) is 0 Å². The van der Waals surface area contributed by atoms with Gasteiger partial charge in [0.05, 0.1) is 4.92 Å². The van der Waals surface area contributed by atoms with Gasteiger partial charge in [-0.1, -0.05) is 11.3 Å². The van der Waals surface area contributed by atoms with E-state index in [1.165, 1.54) is 12.1 Å². The number of nitrogens with two attached hydrogens (primary N) is 1. The fraction of sp³-hybridized carbons (Fsp3) is 0. The molecule has 1 amide bonds. The maximum absolute atomic E-state index is 10.3. The minimum Gasteiger partial charge on any atom is -0.366 e. The van der Waals surface area contributed by atoms with Crippen LogP contribution in [0.1, 0.15) is 4.88 Å². The monoisotopic (exact) mass is 198 g/mol. The zero-order valence-corrected chi connectivity index (χ0v) is 7.28. The predicted octanol–water partition coefficient (Wildman–Crippen LogP) is 1.15. The van der Waals surface area contributed by atoms with Crippen molar-refractivity contribution in [3.63, 3.8) is 0 Å². The largest absolute Gasteiger partial charge is 0.366 e. The standard InChI is InChI=1S/C7H6N2O3S/c8-6(10)3-1-5-2-4-7(13-5)9(11)12/h1-4H,(H2,8,10). The van der Waals surface area contributed by atoms with Crippen LogP contribution in [0.25, 0.3) is 6.08 Å². The van der Waals surface area contributed by atoms with Gasteiger partial charge in [-0.05, 0) is 12.1 Å². The van der Waals surface area contributed by atoms with Gasteiger partial charge in [0, 0.05) is 17.0 Å². The first-order chi connectivity index (χ1) is 6.09. The Balaban J connectivity index is 2.80. The van der Waals surface area contributed by atoms with Crippen LogP contribution in [-0.2, 0) is 4.79 Å². The molecule has 1 rings (SSSR count). The average Bonchev–Trinajstić information content (AvgIpc) is 2.48. The van der Waals surface area contributed by atoms with Crippen molar-refractivity contribution in [1.82, 2.24) is 0 Å². The number of rotatable bonds is 3. The highest BCUT2D eigenvalue weighted by Gasteiger charge is 2.07. The number of carbonyl (C=O) groups excluding carboxylic acids is 1. The lowest BCUT2D eigenvalue weighted by molar-refractivity contribution is -0.380. The van der Waals surface area contributed by atoms with Gasteiger partial charge >= 0.3 is 5.00 Å². The third-order valence-electron chi connectivity index (χ3n) is 1.20. The predicted molar refractivity (Wildman–Crippen MR) is 49.2 cm³/mol. The smallest absolute Gasteiger partial charge is 0.324 e. The quantitative estimate of drug-likeness (QED) is 0.449. The van der Waals surface area contributed by atoms with Crippen LogP contribution in [0.2, 0.25) is 0 Å². The number of amides is 1. The van der Waals surface area contributed by atoms with E-state index in [0.717, 1.165) is 17.4 Å². The normalized spacial score (nSPS) is 10.5. The SMILES string of the molecule is NC(=O)C=Cc1ccc([N+](=O)[O-])s1. The molecule has 1 aromatic heterocycles. The summed E-state index contributed by atoms with van der Waals surface area (Å²) in [5.74, 6) is -0.573. The summed E-state index contributed by atoms with van der Waals surface area (Å²) in [5, 5.41) is 10.3. The van der Waals surface area contributed by atoms with Crippen molar-refractivity contribution in [1.29, 1.82) is 0 Å². The Hall–Kier alpha value is -1.69. The first-order valence-corrected chi connectivity index (χ1v) is 4.13. The third kappa shape index (κ3) is 2.68. The summed E-state index contributed by atoms with van der Waals surface area (Å²) in [6.07, 6.45) is 2.61. The zero-order valence-electron chi connectivity index (χ0n) is 6.47. The molecule has 0 bridgehead atoms. The first-order valence-electron chi connectivity index (χ1n) is 3.31. The highest BCUT2D eigenvalue weighted by Crippen LogP contribution is 2.24. The van der Waals surface area contributed by atoms with E-state index in [1.54, 1.807) is 6.07 Å². The van der Waals surface area contributed by atoms with E-state index in [-0.39, 0.29) is 5.00 Å². The highest BCUT2D eigenvalue weighted by atomic mass is 32.1. The molecule has 2 N–H and O–H groups in total. The molecule has 0 aromatic carbocycles. The van der Waals surface area contributed by atoms with Gasteiger partial charge in [-0.3, -0.25) is 14.9 Å². The van der Waals surface area contributed by atoms with Crippen molar-refractivity contribution in [3.8, 4) is 0 Å². The molecule has 1 heterocycles. The Bertz CT molecular complexity index is 370. The number of carbonyl (C=O) groups is 1. The summed E-state index contributed by atoms with van der Waals surface area (Å²) in [6, 6.07) is 2.94. The molecule has 0 spiro atoms. The van der Waals surface area contributed by atoms with Crippen LogP contribution >= 0.6 is 11.3 Å². The van der Waals surface area contributed by atoms with Gasteiger partial charge < -0.3 is 5.73 Å². The van der Waals surface area contributed by atoms with Crippen LogP contribution in [-0.4, -0.2) is 10.8 Å². The van der Waals surface area contributed by atoms with Gasteiger partial charge in [-0.25, -0.2) is 0 Å². The van der Waals surface area contributed by atoms with Gasteiger partial charge in [0.1, 0.15) is 0 Å². The molecule has 0 saturated heterocycles. The summed E-state index contributed by atoms with van der Waals surface area (Å²) < 4.78 is 0. The van der Waals surface area contributed by atoms with E-state index in [9.17, 15) is 14.9 Å². The molecule has 0 aliphatic carbocycles. The van der Waals surface area contributed by atoms with Gasteiger partial charge in [0.25, 0.3) is 0 Å². The Morgan fingerprint density at radius 2 is 2.31 bits per heavy atom. The van der Waals surface area contributed by atoms with E-state index in [0.29, 0.717) is 4.88 Å². The van der Waals surface area contributed by atoms with Crippen LogP contribution in [0.3, 0.4) is 0 Å². The molecule has 5 nitrogen and oxygen atoms in total. The fourth-order valence-electron chi connectivity index (χ4n) is 0.694. The molecule has 0 radical (unpaired) electrons. The molecule has 6 heteroatoms. The number of thiophene rings is 1. The second-order valence-electron chi connectivity index (χ2n) is 2.17. The maximum atomic E-state index is 10.3. The molecule has 0 atom stereocenters. The Morgan fingerprint density at radius 3 is 2.77 bits per heavy atom. The molecule has 1 aromatic rings. The lowest BCUT2D eigenvalue weighted by atomic mass is 10.4. The van der Waals surface area contributed by atoms with Crippen molar-refractivity contribution in [3.05, 3.63) is 33.2 Å². The van der Waals surface area contributed by atoms with Crippen molar-refractivity contribution >= 4 is 28.3 Å². The Kier molecular flexibility index (Phi) is 2.76. The summed E-state index contributed by atoms with van der Waals surface area (Å²) in [4.78, 5) is 20.7. The fourth-order valence-corrected chi connectivity index (χ4v) is 1.42. The van der Waals surface area contributed by atoms with E-state index in [2.05, 4.69) is 0 Å². The molecule has 0 aliphatic heterocycles. The summed E-state index contributed by atoms with van der Waals surface area (Å²) in [5.41, 5.74) is 4.85. The molecule has 0 unspecified atom stereocenters. The molecule has 0 fully saturated rings. The molecule has 68 valence electrons. The zero-order chi connectivity index (χ0) is 9.84. The van der Waals surface area contributed by atoms with Crippen LogP contribution in [0.15, 0.2) is 18.2 Å². The minimum atomic E-state index is -0.573. The number of nitrogens with zero attached hydrogens (tertiary/aromatic N) is 1. The van der Waals surface area contributed by atoms with Crippen LogP contribution < -0.4 is 5.73 Å². The van der Waals surface area contributed by atoms with E-state index >= 15 is 0 Å². The lowest BCUT2D eigenvalue weighted by Crippen LogP contribution is -2.04. The number of hydrogen-bond acceptors (Lipinski definition) is 4. The number of nitro groups is 1. The second-order valence-corrected chi connectivity index (χ2v) is 3.26. The van der Waals surface area contributed by atoms with Gasteiger partial charge in [-0.2, -0.15) is 0 Å². The van der Waals surface area contributed by atoms with Gasteiger partial charge in [0.2, 0.25) is 5.91 Å². The Morgan fingerprint density at radius 1 is 1.62 bits per heavy atom. The van der Waals surface area contributed by atoms with Crippen molar-refractivity contribution in [2.75, 3.05) is 0 Å². The molecular formula is C7H6N2O3S. The molecular weight excluding hydrogens is 192 g/mol. The summed E-state index contributed by atoms with van der Waals surface area (Å²) in [7, 11) is 0. The van der Waals surface area contributed by atoms with E-state index in [4.69, 9.17) is 5.73 Å². The van der Waals surface area contributed by atoms with Crippen molar-refractivity contribution in [2.24, 2.45) is 5.73 Å². The number of primary amides is 1. The second kappa shape index (κ2) is 3.81. The minimum absolute atomic E-state index is 0.0455. The van der Waals surface area contributed by atoms with Crippen LogP contribution in [0, 0.1) is 10.1 Å². The van der Waals surface area contributed by atoms with Gasteiger partial charge in [-0.15, -0.1) is 0 Å². The first kappa shape index (κ1) is 9.40. The molecule has 0 saturated carbocycles. The van der Waals surface area contributed by atoms with Crippen LogP contribution in [0.4, 0.5) is 5.00 Å².